The second-order valence-corrected chi connectivity index (χ2v) is 19.3. The van der Waals surface area contributed by atoms with E-state index >= 15 is 0 Å². The largest absolute Gasteiger partial charge is 0.447 e. The monoisotopic (exact) mass is 991 g/mol. The van der Waals surface area contributed by atoms with Gasteiger partial charge < -0.3 is 39.1 Å². The summed E-state index contributed by atoms with van der Waals surface area (Å²) in [5.74, 6) is 1.97. The number of ether oxygens (including phenoxy) is 1. The van der Waals surface area contributed by atoms with E-state index < -0.39 is 18.2 Å². The zero-order chi connectivity index (χ0) is 51.3. The Morgan fingerprint density at radius 1 is 0.649 bits per heavy atom. The highest BCUT2D eigenvalue weighted by atomic mass is 16.6. The molecular weight excluding hydrogens is 935 g/mol. The molecule has 2 aliphatic rings. The van der Waals surface area contributed by atoms with Crippen LogP contribution in [0.25, 0.3) is 67.2 Å². The molecule has 4 N–H and O–H groups in total. The molecule has 6 heterocycles. The molecule has 3 atom stereocenters. The number of carbonyl (C=O) groups excluding carboxylic acids is 4. The maximum Gasteiger partial charge on any atom is 0.408 e. The molecule has 0 radical (unpaired) electrons. The van der Waals surface area contributed by atoms with Crippen LogP contribution in [-0.4, -0.2) is 78.0 Å². The Kier molecular flexibility index (Phi) is 14.4. The predicted octanol–water partition coefficient (Wildman–Crippen LogP) is 11.0. The van der Waals surface area contributed by atoms with Crippen molar-refractivity contribution in [3.05, 3.63) is 156 Å². The van der Waals surface area contributed by atoms with E-state index in [0.29, 0.717) is 54.9 Å². The number of H-pyrrole nitrogens is 2. The van der Waals surface area contributed by atoms with Crippen molar-refractivity contribution in [2.75, 3.05) is 13.1 Å². The smallest absolute Gasteiger partial charge is 0.408 e. The van der Waals surface area contributed by atoms with Crippen molar-refractivity contribution in [3.8, 4) is 45.4 Å². The van der Waals surface area contributed by atoms with Gasteiger partial charge in [0.2, 0.25) is 23.6 Å². The molecule has 11 rings (SSSR count). The number of fused-ring (bicyclic) bond motifs is 2. The lowest BCUT2D eigenvalue weighted by molar-refractivity contribution is -0.135. The first kappa shape index (κ1) is 49.1. The average Bonchev–Trinajstić information content (AvgIpc) is 4.26. The minimum Gasteiger partial charge on any atom is -0.447 e. The molecule has 2 saturated heterocycles. The molecule has 0 aliphatic carbocycles. The predicted molar refractivity (Wildman–Crippen MR) is 280 cm³/mol. The minimum absolute atomic E-state index is 0.134. The normalized spacial score (nSPS) is 15.8. The van der Waals surface area contributed by atoms with Gasteiger partial charge in [0.25, 0.3) is 5.91 Å². The fourth-order valence-electron chi connectivity index (χ4n) is 9.65. The third-order valence-electron chi connectivity index (χ3n) is 13.2. The van der Waals surface area contributed by atoms with Crippen LogP contribution in [0.15, 0.2) is 136 Å². The molecule has 0 saturated carbocycles. The number of Topliss-reactive ketones (excluding diaryl/α,β-unsaturated/α-hetero) is 2. The summed E-state index contributed by atoms with van der Waals surface area (Å²) in [4.78, 5) is 57.8. The molecule has 16 nitrogen and oxygen atoms in total. The third-order valence-corrected chi connectivity index (χ3v) is 13.2. The molecule has 9 aromatic rings. The van der Waals surface area contributed by atoms with Crippen LogP contribution in [0.5, 0.6) is 0 Å². The lowest BCUT2D eigenvalue weighted by Crippen LogP contribution is -2.43. The summed E-state index contributed by atoms with van der Waals surface area (Å²) in [6.45, 7) is 8.21. The number of amides is 2. The van der Waals surface area contributed by atoms with E-state index in [1.54, 1.807) is 44.7 Å². The number of ketones is 2. The summed E-state index contributed by atoms with van der Waals surface area (Å²) in [6.07, 6.45) is 3.51. The summed E-state index contributed by atoms with van der Waals surface area (Å²) in [5.41, 5.74) is 10.5. The average molecular weight is 992 g/mol. The lowest BCUT2D eigenvalue weighted by Gasteiger charge is -2.28. The highest BCUT2D eigenvalue weighted by molar-refractivity contribution is 5.91. The Morgan fingerprint density at radius 2 is 1.19 bits per heavy atom. The molecule has 4 aromatic heterocycles. The number of alkyl carbamates (subject to hydrolysis) is 1. The molecule has 16 heteroatoms. The molecule has 2 amide bonds. The molecule has 2 fully saturated rings. The molecule has 5 aromatic carbocycles. The molecular formula is C58H57N9O7. The fourth-order valence-corrected chi connectivity index (χ4v) is 9.65. The Morgan fingerprint density at radius 3 is 1.72 bits per heavy atom. The Hall–Kier alpha value is -8.50. The Bertz CT molecular complexity index is 3440. The zero-order valence-electron chi connectivity index (χ0n) is 41.7. The standard InChI is InChI=1S/C35H35N5O5.C23H22N4O2/c1-21(2)44-35(43)37-31(25-8-5-4-6-9-25)34(42)40-17-7-10-30(40)33-39-38-32(45-33)26-15-16-28-27(19-26)20-29(36-28)24-13-11-23(12-14-24)18-22(3)41;1-14(28)11-15-4-6-16(7-5-15)21-13-18-12-17(8-9-19(18)25-21)22-26-27-23(29-22)20-3-2-10-24-20/h4-6,8-9,11-16,19-21,30-31,36H,7,10,17-18H2,1-3H3,(H,37,43);4-9,12-13,20,24-25H,2-3,10-11H2,1H3/t30-,31+;20-/m00/s1. The number of likely N-dealkylation sites (tertiary alicyclic amines) is 1. The van der Waals surface area contributed by atoms with E-state index in [1.807, 2.05) is 97.1 Å². The molecule has 0 spiro atoms. The van der Waals surface area contributed by atoms with Gasteiger partial charge in [0, 0.05) is 63.7 Å². The minimum atomic E-state index is -0.920. The van der Waals surface area contributed by atoms with Gasteiger partial charge in [-0.05, 0) is 136 Å². The first-order valence-electron chi connectivity index (χ1n) is 25.1. The van der Waals surface area contributed by atoms with E-state index in [1.165, 1.54) is 0 Å². The van der Waals surface area contributed by atoms with Crippen LogP contribution in [0.4, 0.5) is 4.79 Å². The van der Waals surface area contributed by atoms with Crippen LogP contribution in [-0.2, 0) is 32.0 Å². The van der Waals surface area contributed by atoms with Gasteiger partial charge in [-0.1, -0.05) is 78.9 Å². The van der Waals surface area contributed by atoms with E-state index in [2.05, 4.69) is 59.2 Å². The van der Waals surface area contributed by atoms with Crippen molar-refractivity contribution >= 4 is 45.4 Å². The van der Waals surface area contributed by atoms with Gasteiger partial charge in [0.1, 0.15) is 23.7 Å². The van der Waals surface area contributed by atoms with Gasteiger partial charge in [-0.3, -0.25) is 14.4 Å². The van der Waals surface area contributed by atoms with Gasteiger partial charge in [-0.15, -0.1) is 20.4 Å². The summed E-state index contributed by atoms with van der Waals surface area (Å²) in [5, 5.41) is 25.3. The second kappa shape index (κ2) is 21.7. The van der Waals surface area contributed by atoms with Crippen LogP contribution in [0.3, 0.4) is 0 Å². The van der Waals surface area contributed by atoms with E-state index in [-0.39, 0.29) is 29.6 Å². The van der Waals surface area contributed by atoms with E-state index in [0.717, 1.165) is 92.4 Å². The first-order valence-corrected chi connectivity index (χ1v) is 25.1. The van der Waals surface area contributed by atoms with Gasteiger partial charge >= 0.3 is 6.09 Å². The van der Waals surface area contributed by atoms with Gasteiger partial charge in [-0.2, -0.15) is 0 Å². The van der Waals surface area contributed by atoms with E-state index in [4.69, 9.17) is 13.6 Å². The summed E-state index contributed by atoms with van der Waals surface area (Å²) in [6, 6.07) is 40.2. The zero-order valence-corrected chi connectivity index (χ0v) is 41.7. The Balaban J connectivity index is 0.000000185. The Labute approximate surface area is 427 Å². The summed E-state index contributed by atoms with van der Waals surface area (Å²) >= 11 is 0. The number of aromatic nitrogens is 6. The summed E-state index contributed by atoms with van der Waals surface area (Å²) < 4.78 is 17.4. The van der Waals surface area contributed by atoms with Crippen LogP contribution < -0.4 is 10.6 Å². The van der Waals surface area contributed by atoms with Crippen molar-refractivity contribution in [3.63, 3.8) is 0 Å². The number of nitrogens with one attached hydrogen (secondary N) is 4. The number of carbonyl (C=O) groups is 4. The molecule has 2 aliphatic heterocycles. The van der Waals surface area contributed by atoms with Crippen LogP contribution in [0.1, 0.15) is 100.0 Å². The van der Waals surface area contributed by atoms with Gasteiger partial charge in [0.05, 0.1) is 12.1 Å². The maximum absolute atomic E-state index is 13.9. The van der Waals surface area contributed by atoms with Crippen molar-refractivity contribution in [1.29, 1.82) is 0 Å². The number of nitrogens with zero attached hydrogens (tertiary/aromatic N) is 5. The highest BCUT2D eigenvalue weighted by Gasteiger charge is 2.38. The molecule has 0 bridgehead atoms. The van der Waals surface area contributed by atoms with E-state index in [9.17, 15) is 19.2 Å². The topological polar surface area (TPSA) is 214 Å². The number of hydrogen-bond acceptors (Lipinski definition) is 12. The fraction of sp³-hybridized carbons (Fsp3) is 0.276. The van der Waals surface area contributed by atoms with Crippen molar-refractivity contribution in [1.82, 2.24) is 45.9 Å². The van der Waals surface area contributed by atoms with Crippen LogP contribution in [0, 0.1) is 0 Å². The molecule has 376 valence electrons. The van der Waals surface area contributed by atoms with Gasteiger partial charge in [0.15, 0.2) is 0 Å². The number of benzene rings is 5. The number of hydrogen-bond donors (Lipinski definition) is 4. The van der Waals surface area contributed by atoms with Crippen LogP contribution >= 0.6 is 0 Å². The van der Waals surface area contributed by atoms with Crippen molar-refractivity contribution in [2.24, 2.45) is 0 Å². The quantitative estimate of drug-likeness (QED) is 0.0801. The lowest BCUT2D eigenvalue weighted by atomic mass is 10.1. The highest BCUT2D eigenvalue weighted by Crippen LogP contribution is 2.36. The number of aromatic amines is 2. The second-order valence-electron chi connectivity index (χ2n) is 19.3. The van der Waals surface area contributed by atoms with Crippen molar-refractivity contribution in [2.45, 2.75) is 90.4 Å². The summed E-state index contributed by atoms with van der Waals surface area (Å²) in [7, 11) is 0. The molecule has 0 unspecified atom stereocenters. The first-order chi connectivity index (χ1) is 35.9. The van der Waals surface area contributed by atoms with Crippen molar-refractivity contribution < 1.29 is 32.7 Å². The SMILES string of the molecule is CC(=O)Cc1ccc(-c2cc3cc(-c4nnc([C@@H]5CCCN5)o4)ccc3[nH]2)cc1.CC(=O)Cc1ccc(-c2cc3cc(-c4nnc([C@@H]5CCCN5C(=O)[C@H](NC(=O)OC(C)C)c5ccccc5)o4)ccc3[nH]2)cc1. The van der Waals surface area contributed by atoms with Crippen LogP contribution in [0.2, 0.25) is 0 Å². The number of rotatable bonds is 14. The maximum atomic E-state index is 13.9. The molecule has 74 heavy (non-hydrogen) atoms. The van der Waals surface area contributed by atoms with Gasteiger partial charge in [-0.25, -0.2) is 4.79 Å². The third kappa shape index (κ3) is 11.2.